The Balaban J connectivity index is 2.36. The zero-order valence-corrected chi connectivity index (χ0v) is 13.0. The van der Waals surface area contributed by atoms with Gasteiger partial charge in [0.1, 0.15) is 5.69 Å². The molecule has 21 heavy (non-hydrogen) atoms. The Labute approximate surface area is 124 Å². The van der Waals surface area contributed by atoms with Gasteiger partial charge in [-0.15, -0.1) is 0 Å². The van der Waals surface area contributed by atoms with E-state index >= 15 is 0 Å². The molecule has 0 saturated carbocycles. The van der Waals surface area contributed by atoms with E-state index in [0.717, 1.165) is 12.0 Å². The number of carbonyl (C=O) groups excluding carboxylic acids is 2. The standard InChI is InChI=1S/C15H21N3O3/c1-5-8-21-15(20)12-11-7-6-10(9-17(2)3)14(19)13(11)18(4)16-12/h9H,5-8H2,1-4H3/b10-9+. The largest absolute Gasteiger partial charge is 0.461 e. The summed E-state index contributed by atoms with van der Waals surface area (Å²) in [6.45, 7) is 2.30. The number of aromatic nitrogens is 2. The van der Waals surface area contributed by atoms with Crippen LogP contribution in [0.2, 0.25) is 0 Å². The van der Waals surface area contributed by atoms with E-state index in [1.54, 1.807) is 7.05 Å². The van der Waals surface area contributed by atoms with Crippen LogP contribution in [0.3, 0.4) is 0 Å². The van der Waals surface area contributed by atoms with Crippen LogP contribution in [0.1, 0.15) is 46.3 Å². The van der Waals surface area contributed by atoms with Crippen LogP contribution in [0.15, 0.2) is 11.8 Å². The van der Waals surface area contributed by atoms with Crippen LogP contribution >= 0.6 is 0 Å². The van der Waals surface area contributed by atoms with Crippen molar-refractivity contribution in [1.82, 2.24) is 14.7 Å². The van der Waals surface area contributed by atoms with Gasteiger partial charge in [0, 0.05) is 38.5 Å². The van der Waals surface area contributed by atoms with Crippen molar-refractivity contribution in [1.29, 1.82) is 0 Å². The monoisotopic (exact) mass is 291 g/mol. The Morgan fingerprint density at radius 2 is 2.14 bits per heavy atom. The van der Waals surface area contributed by atoms with Crippen LogP contribution in [0.5, 0.6) is 0 Å². The third-order valence-electron chi connectivity index (χ3n) is 3.34. The van der Waals surface area contributed by atoms with E-state index in [2.05, 4.69) is 5.10 Å². The fourth-order valence-electron chi connectivity index (χ4n) is 2.48. The second-order valence-electron chi connectivity index (χ2n) is 5.38. The highest BCUT2D eigenvalue weighted by atomic mass is 16.5. The zero-order chi connectivity index (χ0) is 15.6. The van der Waals surface area contributed by atoms with Crippen LogP contribution in [0.4, 0.5) is 0 Å². The normalized spacial score (nSPS) is 16.0. The number of fused-ring (bicyclic) bond motifs is 1. The van der Waals surface area contributed by atoms with Crippen molar-refractivity contribution in [3.8, 4) is 0 Å². The van der Waals surface area contributed by atoms with Crippen LogP contribution in [0, 0.1) is 0 Å². The van der Waals surface area contributed by atoms with Crippen molar-refractivity contribution >= 4 is 11.8 Å². The molecular weight excluding hydrogens is 270 g/mol. The maximum atomic E-state index is 12.5. The molecule has 0 saturated heterocycles. The lowest BCUT2D eigenvalue weighted by molar-refractivity contribution is 0.0496. The number of ether oxygens (including phenoxy) is 1. The van der Waals surface area contributed by atoms with Crippen LogP contribution < -0.4 is 0 Å². The smallest absolute Gasteiger partial charge is 0.359 e. The molecule has 114 valence electrons. The lowest BCUT2D eigenvalue weighted by Crippen LogP contribution is -2.20. The summed E-state index contributed by atoms with van der Waals surface area (Å²) in [5.74, 6) is -0.504. The second-order valence-corrected chi connectivity index (χ2v) is 5.38. The third-order valence-corrected chi connectivity index (χ3v) is 3.34. The van der Waals surface area contributed by atoms with Gasteiger partial charge in [0.05, 0.1) is 6.61 Å². The molecule has 1 aromatic rings. The maximum absolute atomic E-state index is 12.5. The van der Waals surface area contributed by atoms with Crippen molar-refractivity contribution < 1.29 is 14.3 Å². The number of esters is 1. The fraction of sp³-hybridized carbons (Fsp3) is 0.533. The molecule has 6 heteroatoms. The van der Waals surface area contributed by atoms with Gasteiger partial charge in [0.25, 0.3) is 0 Å². The molecule has 1 aromatic heterocycles. The summed E-state index contributed by atoms with van der Waals surface area (Å²) in [7, 11) is 5.45. The third kappa shape index (κ3) is 2.99. The summed E-state index contributed by atoms with van der Waals surface area (Å²) in [5, 5.41) is 4.19. The highest BCUT2D eigenvalue weighted by Gasteiger charge is 2.32. The van der Waals surface area contributed by atoms with E-state index in [1.807, 2.05) is 32.1 Å². The molecule has 0 aromatic carbocycles. The number of nitrogens with zero attached hydrogens (tertiary/aromatic N) is 3. The molecule has 0 bridgehead atoms. The predicted octanol–water partition coefficient (Wildman–Crippen LogP) is 1.56. The Bertz CT molecular complexity index is 600. The average molecular weight is 291 g/mol. The molecule has 0 fully saturated rings. The van der Waals surface area contributed by atoms with Crippen molar-refractivity contribution in [2.24, 2.45) is 7.05 Å². The molecule has 0 atom stereocenters. The van der Waals surface area contributed by atoms with Gasteiger partial charge in [-0.05, 0) is 19.3 Å². The molecule has 2 rings (SSSR count). The summed E-state index contributed by atoms with van der Waals surface area (Å²) in [5.41, 5.74) is 2.22. The Morgan fingerprint density at radius 1 is 1.43 bits per heavy atom. The summed E-state index contributed by atoms with van der Waals surface area (Å²) in [6.07, 6.45) is 3.83. The van der Waals surface area contributed by atoms with E-state index in [4.69, 9.17) is 4.74 Å². The number of aryl methyl sites for hydroxylation is 1. The summed E-state index contributed by atoms with van der Waals surface area (Å²) in [4.78, 5) is 26.4. The van der Waals surface area contributed by atoms with Crippen LogP contribution in [0.25, 0.3) is 0 Å². The Hall–Kier alpha value is -2.11. The molecule has 0 spiro atoms. The lowest BCUT2D eigenvalue weighted by atomic mass is 9.90. The summed E-state index contributed by atoms with van der Waals surface area (Å²) >= 11 is 0. The number of Topliss-reactive ketones (excluding diaryl/α,β-unsaturated/α-hetero) is 1. The van der Waals surface area contributed by atoms with Crippen molar-refractivity contribution in [3.05, 3.63) is 28.7 Å². The predicted molar refractivity (Wildman–Crippen MR) is 78.2 cm³/mol. The van der Waals surface area contributed by atoms with Crippen molar-refractivity contribution in [2.75, 3.05) is 20.7 Å². The molecule has 0 aliphatic heterocycles. The minimum absolute atomic E-state index is 0.0607. The van der Waals surface area contributed by atoms with Crippen molar-refractivity contribution in [3.63, 3.8) is 0 Å². The zero-order valence-electron chi connectivity index (χ0n) is 13.0. The molecule has 0 N–H and O–H groups in total. The van der Waals surface area contributed by atoms with E-state index in [0.29, 0.717) is 30.7 Å². The molecule has 1 heterocycles. The fourth-order valence-corrected chi connectivity index (χ4v) is 2.48. The van der Waals surface area contributed by atoms with Gasteiger partial charge >= 0.3 is 5.97 Å². The van der Waals surface area contributed by atoms with Gasteiger partial charge in [0.15, 0.2) is 5.69 Å². The van der Waals surface area contributed by atoms with Gasteiger partial charge in [-0.1, -0.05) is 6.92 Å². The quantitative estimate of drug-likeness (QED) is 0.622. The molecule has 0 unspecified atom stereocenters. The first-order valence-electron chi connectivity index (χ1n) is 7.10. The first kappa shape index (κ1) is 15.3. The molecule has 0 radical (unpaired) electrons. The van der Waals surface area contributed by atoms with E-state index < -0.39 is 5.97 Å². The first-order chi connectivity index (χ1) is 9.95. The van der Waals surface area contributed by atoms with Crippen molar-refractivity contribution in [2.45, 2.75) is 26.2 Å². The number of carbonyl (C=O) groups is 2. The van der Waals surface area contributed by atoms with Gasteiger partial charge in [-0.3, -0.25) is 9.48 Å². The number of allylic oxidation sites excluding steroid dienone is 1. The minimum Gasteiger partial charge on any atom is -0.461 e. The Morgan fingerprint density at radius 3 is 2.76 bits per heavy atom. The molecule has 1 aliphatic carbocycles. The van der Waals surface area contributed by atoms with Gasteiger partial charge < -0.3 is 9.64 Å². The number of ketones is 1. The summed E-state index contributed by atoms with van der Waals surface area (Å²) < 4.78 is 6.62. The summed E-state index contributed by atoms with van der Waals surface area (Å²) in [6, 6.07) is 0. The van der Waals surface area contributed by atoms with Gasteiger partial charge in [-0.25, -0.2) is 4.79 Å². The van der Waals surface area contributed by atoms with E-state index in [1.165, 1.54) is 4.68 Å². The van der Waals surface area contributed by atoms with E-state index in [-0.39, 0.29) is 11.5 Å². The molecular formula is C15H21N3O3. The highest BCUT2D eigenvalue weighted by molar-refractivity contribution is 6.11. The SMILES string of the molecule is CCCOC(=O)c1nn(C)c2c1CC/C(=C\N(C)C)C2=O. The second kappa shape index (κ2) is 6.11. The lowest BCUT2D eigenvalue weighted by Gasteiger charge is -2.17. The number of rotatable bonds is 4. The minimum atomic E-state index is -0.443. The van der Waals surface area contributed by atoms with Crippen LogP contribution in [-0.2, 0) is 18.2 Å². The number of hydrogen-bond acceptors (Lipinski definition) is 5. The average Bonchev–Trinajstić information content (AvgIpc) is 2.76. The Kier molecular flexibility index (Phi) is 4.45. The highest BCUT2D eigenvalue weighted by Crippen LogP contribution is 2.28. The molecule has 0 amide bonds. The van der Waals surface area contributed by atoms with Gasteiger partial charge in [-0.2, -0.15) is 5.10 Å². The van der Waals surface area contributed by atoms with Gasteiger partial charge in [0.2, 0.25) is 5.78 Å². The molecule has 1 aliphatic rings. The van der Waals surface area contributed by atoms with E-state index in [9.17, 15) is 9.59 Å². The molecule has 6 nitrogen and oxygen atoms in total. The maximum Gasteiger partial charge on any atom is 0.359 e. The topological polar surface area (TPSA) is 64.4 Å². The first-order valence-corrected chi connectivity index (χ1v) is 7.10. The number of hydrogen-bond donors (Lipinski definition) is 0. The van der Waals surface area contributed by atoms with Crippen LogP contribution in [-0.4, -0.2) is 47.1 Å².